The molecular formula is C11H16Br2O3. The summed E-state index contributed by atoms with van der Waals surface area (Å²) in [6.07, 6.45) is 1.25. The quantitative estimate of drug-likeness (QED) is 0.748. The average Bonchev–Trinajstić information content (AvgIpc) is 2.46. The molecule has 2 aliphatic carbocycles. The Morgan fingerprint density at radius 3 is 2.38 bits per heavy atom. The van der Waals surface area contributed by atoms with E-state index in [9.17, 15) is 9.90 Å². The molecule has 92 valence electrons. The van der Waals surface area contributed by atoms with Crippen LogP contribution in [0.15, 0.2) is 0 Å². The molecule has 2 aliphatic rings. The monoisotopic (exact) mass is 354 g/mol. The fourth-order valence-electron chi connectivity index (χ4n) is 3.60. The third kappa shape index (κ3) is 1.25. The van der Waals surface area contributed by atoms with Crippen LogP contribution in [0, 0.1) is 10.8 Å². The first kappa shape index (κ1) is 12.8. The van der Waals surface area contributed by atoms with Crippen LogP contribution in [-0.4, -0.2) is 31.4 Å². The maximum absolute atomic E-state index is 11.1. The van der Waals surface area contributed by atoms with E-state index in [4.69, 9.17) is 5.11 Å². The molecule has 0 radical (unpaired) electrons. The predicted octanol–water partition coefficient (Wildman–Crippen LogP) is 2.54. The molecule has 0 heterocycles. The molecule has 3 nitrogen and oxygen atoms in total. The summed E-state index contributed by atoms with van der Waals surface area (Å²) in [5, 5.41) is 19.5. The van der Waals surface area contributed by atoms with Crippen molar-refractivity contribution < 1.29 is 15.0 Å². The molecule has 2 bridgehead atoms. The lowest BCUT2D eigenvalue weighted by Gasteiger charge is -2.45. The first-order chi connectivity index (χ1) is 7.18. The molecule has 0 saturated heterocycles. The average molecular weight is 356 g/mol. The molecule has 5 heteroatoms. The number of aliphatic hydroxyl groups excluding tert-OH is 1. The minimum atomic E-state index is -0.789. The van der Waals surface area contributed by atoms with Gasteiger partial charge < -0.3 is 10.2 Å². The van der Waals surface area contributed by atoms with Crippen LogP contribution in [0.4, 0.5) is 0 Å². The van der Waals surface area contributed by atoms with E-state index < -0.39 is 12.1 Å². The number of hydrogen-bond donors (Lipinski definition) is 2. The van der Waals surface area contributed by atoms with E-state index in [0.717, 1.165) is 12.8 Å². The van der Waals surface area contributed by atoms with E-state index in [1.165, 1.54) is 0 Å². The highest BCUT2D eigenvalue weighted by molar-refractivity contribution is 9.12. The van der Waals surface area contributed by atoms with Crippen LogP contribution in [0.5, 0.6) is 0 Å². The van der Waals surface area contributed by atoms with Crippen LogP contribution in [0.25, 0.3) is 0 Å². The van der Waals surface area contributed by atoms with Crippen molar-refractivity contribution >= 4 is 37.8 Å². The molecule has 0 unspecified atom stereocenters. The first-order valence-corrected chi connectivity index (χ1v) is 7.12. The molecule has 2 rings (SSSR count). The van der Waals surface area contributed by atoms with Gasteiger partial charge in [0, 0.05) is 10.2 Å². The zero-order chi connectivity index (χ0) is 12.4. The van der Waals surface area contributed by atoms with Gasteiger partial charge in [0.05, 0.1) is 16.8 Å². The molecule has 0 aromatic carbocycles. The van der Waals surface area contributed by atoms with Crippen LogP contribution in [0.3, 0.4) is 0 Å². The van der Waals surface area contributed by atoms with Crippen molar-refractivity contribution in [3.63, 3.8) is 0 Å². The zero-order valence-corrected chi connectivity index (χ0v) is 12.5. The maximum atomic E-state index is 11.1. The number of rotatable bonds is 2. The summed E-state index contributed by atoms with van der Waals surface area (Å²) in [6.45, 7) is 3.94. The Labute approximate surface area is 112 Å². The van der Waals surface area contributed by atoms with Crippen LogP contribution >= 0.6 is 31.9 Å². The Bertz CT molecular complexity index is 344. The molecule has 4 atom stereocenters. The zero-order valence-electron chi connectivity index (χ0n) is 9.33. The number of alkyl halides is 2. The highest BCUT2D eigenvalue weighted by Crippen LogP contribution is 2.72. The van der Waals surface area contributed by atoms with Crippen molar-refractivity contribution in [2.24, 2.45) is 10.8 Å². The topological polar surface area (TPSA) is 57.5 Å². The first-order valence-electron chi connectivity index (χ1n) is 5.41. The normalized spacial score (nSPS) is 49.6. The standard InChI is InChI=1S/C11H16Br2O3/c1-9(2)8(16)11(13)4-3-10(9,7(11)12)5-6(14)15/h7-8,16H,3-5H2,1-2H3,(H,14,15)/t7-,8-,10-,11-/m0/s1. The van der Waals surface area contributed by atoms with E-state index in [-0.39, 0.29) is 26.4 Å². The van der Waals surface area contributed by atoms with Gasteiger partial charge in [0.15, 0.2) is 0 Å². The summed E-state index contributed by atoms with van der Waals surface area (Å²) in [5.74, 6) is -0.789. The number of fused-ring (bicyclic) bond motifs is 2. The summed E-state index contributed by atoms with van der Waals surface area (Å²) in [4.78, 5) is 11.1. The van der Waals surface area contributed by atoms with Crippen molar-refractivity contribution in [3.8, 4) is 0 Å². The molecule has 2 N–H and O–H groups in total. The second-order valence-electron chi connectivity index (χ2n) is 5.64. The summed E-state index contributed by atoms with van der Waals surface area (Å²) in [6, 6.07) is 0. The highest BCUT2D eigenvalue weighted by Gasteiger charge is 2.74. The fourth-order valence-corrected chi connectivity index (χ4v) is 6.27. The van der Waals surface area contributed by atoms with E-state index >= 15 is 0 Å². The van der Waals surface area contributed by atoms with Gasteiger partial charge in [0.25, 0.3) is 0 Å². The van der Waals surface area contributed by atoms with Crippen molar-refractivity contribution in [1.29, 1.82) is 0 Å². The maximum Gasteiger partial charge on any atom is 0.303 e. The van der Waals surface area contributed by atoms with Gasteiger partial charge in [0.1, 0.15) is 0 Å². The molecular weight excluding hydrogens is 340 g/mol. The lowest BCUT2D eigenvalue weighted by Crippen LogP contribution is -2.47. The minimum Gasteiger partial charge on any atom is -0.481 e. The van der Waals surface area contributed by atoms with Gasteiger partial charge in [-0.25, -0.2) is 0 Å². The molecule has 0 aromatic rings. The molecule has 16 heavy (non-hydrogen) atoms. The summed E-state index contributed by atoms with van der Waals surface area (Å²) in [5.41, 5.74) is -0.747. The largest absolute Gasteiger partial charge is 0.481 e. The van der Waals surface area contributed by atoms with Crippen molar-refractivity contribution in [1.82, 2.24) is 0 Å². The Hall–Kier alpha value is 0.390. The Kier molecular flexibility index (Phi) is 2.77. The Morgan fingerprint density at radius 2 is 2.00 bits per heavy atom. The fraction of sp³-hybridized carbons (Fsp3) is 0.909. The van der Waals surface area contributed by atoms with Crippen LogP contribution in [0.1, 0.15) is 33.1 Å². The lowest BCUT2D eigenvalue weighted by molar-refractivity contribution is -0.143. The highest BCUT2D eigenvalue weighted by atomic mass is 79.9. The number of carboxylic acid groups (broad SMARTS) is 1. The van der Waals surface area contributed by atoms with E-state index in [1.54, 1.807) is 0 Å². The van der Waals surface area contributed by atoms with E-state index in [1.807, 2.05) is 13.8 Å². The molecule has 2 fully saturated rings. The van der Waals surface area contributed by atoms with Gasteiger partial charge in [-0.15, -0.1) is 0 Å². The molecule has 2 saturated carbocycles. The Balaban J connectivity index is 2.48. The number of hydrogen-bond acceptors (Lipinski definition) is 2. The predicted molar refractivity (Wildman–Crippen MR) is 68.1 cm³/mol. The number of carboxylic acids is 1. The molecule has 0 spiro atoms. The van der Waals surface area contributed by atoms with Crippen molar-refractivity contribution in [3.05, 3.63) is 0 Å². The van der Waals surface area contributed by atoms with E-state index in [2.05, 4.69) is 31.9 Å². The van der Waals surface area contributed by atoms with Gasteiger partial charge in [-0.05, 0) is 18.3 Å². The van der Waals surface area contributed by atoms with Gasteiger partial charge in [-0.3, -0.25) is 4.79 Å². The second kappa shape index (κ2) is 3.45. The van der Waals surface area contributed by atoms with Crippen molar-refractivity contribution in [2.45, 2.75) is 48.4 Å². The van der Waals surface area contributed by atoms with Gasteiger partial charge in [-0.2, -0.15) is 0 Å². The smallest absolute Gasteiger partial charge is 0.303 e. The number of aliphatic carboxylic acids is 1. The van der Waals surface area contributed by atoms with Gasteiger partial charge in [0.2, 0.25) is 0 Å². The number of carbonyl (C=O) groups is 1. The van der Waals surface area contributed by atoms with Gasteiger partial charge in [-0.1, -0.05) is 45.7 Å². The van der Waals surface area contributed by atoms with Crippen molar-refractivity contribution in [2.75, 3.05) is 0 Å². The molecule has 0 aliphatic heterocycles. The Morgan fingerprint density at radius 1 is 1.44 bits per heavy atom. The number of aliphatic hydroxyl groups is 1. The van der Waals surface area contributed by atoms with Crippen LogP contribution < -0.4 is 0 Å². The van der Waals surface area contributed by atoms with Gasteiger partial charge >= 0.3 is 5.97 Å². The van der Waals surface area contributed by atoms with Crippen LogP contribution in [0.2, 0.25) is 0 Å². The third-order valence-corrected chi connectivity index (χ3v) is 8.34. The van der Waals surface area contributed by atoms with E-state index in [0.29, 0.717) is 0 Å². The molecule has 0 amide bonds. The lowest BCUT2D eigenvalue weighted by atomic mass is 9.62. The summed E-state index contributed by atoms with van der Waals surface area (Å²) >= 11 is 7.25. The minimum absolute atomic E-state index is 0.00796. The summed E-state index contributed by atoms with van der Waals surface area (Å²) in [7, 11) is 0. The molecule has 0 aromatic heterocycles. The SMILES string of the molecule is CC1(C)[C@H](O)[C@]2(Br)CC[C@]1(CC(=O)O)[C@@H]2Br. The summed E-state index contributed by atoms with van der Waals surface area (Å²) < 4.78 is -0.369. The second-order valence-corrected chi connectivity index (χ2v) is 8.03. The number of halogens is 2. The van der Waals surface area contributed by atoms with Crippen LogP contribution in [-0.2, 0) is 4.79 Å². The third-order valence-electron chi connectivity index (χ3n) is 4.75.